The molecule has 9 heteroatoms. The van der Waals surface area contributed by atoms with Crippen LogP contribution in [0, 0.1) is 6.92 Å². The van der Waals surface area contributed by atoms with Gasteiger partial charge in [-0.25, -0.2) is 4.98 Å². The quantitative estimate of drug-likeness (QED) is 0.337. The van der Waals surface area contributed by atoms with Crippen LogP contribution in [-0.2, 0) is 22.5 Å². The summed E-state index contributed by atoms with van der Waals surface area (Å²) in [5, 5.41) is 19.5. The van der Waals surface area contributed by atoms with Crippen LogP contribution in [0.1, 0.15) is 16.8 Å². The Bertz CT molecular complexity index is 1290. The first-order valence-electron chi connectivity index (χ1n) is 9.99. The number of fused-ring (bicyclic) bond motifs is 1. The molecule has 3 aromatic heterocycles. The first-order valence-corrected chi connectivity index (χ1v) is 9.99. The van der Waals surface area contributed by atoms with Gasteiger partial charge in [0.25, 0.3) is 0 Å². The molecule has 3 heterocycles. The number of hydrogen-bond acceptors (Lipinski definition) is 7. The molecule has 0 bridgehead atoms. The number of esters is 1. The van der Waals surface area contributed by atoms with E-state index in [1.165, 1.54) is 11.6 Å². The number of aromatic nitrogens is 5. The number of para-hydroxylation sites is 1. The van der Waals surface area contributed by atoms with Gasteiger partial charge < -0.3 is 14.6 Å². The standard InChI is InChI=1S/C23H23N5O4/c1-4-9-32-20-8-6-5-7-16(20)13-27-14-17(12-24-27)19-11-21-25-15(2)18(10-22(29)31-3)23(30)28(21)26-19/h4-8,11-12,14,30H,1,9-10,13H2,2-3H3. The molecule has 0 aliphatic heterocycles. The Morgan fingerprint density at radius 1 is 1.31 bits per heavy atom. The highest BCUT2D eigenvalue weighted by Crippen LogP contribution is 2.26. The zero-order chi connectivity index (χ0) is 22.7. The molecule has 0 radical (unpaired) electrons. The molecule has 0 fully saturated rings. The second kappa shape index (κ2) is 8.93. The number of nitrogens with zero attached hydrogens (tertiary/aromatic N) is 5. The summed E-state index contributed by atoms with van der Waals surface area (Å²) in [4.78, 5) is 16.1. The molecule has 0 atom stereocenters. The maximum atomic E-state index is 11.7. The van der Waals surface area contributed by atoms with Gasteiger partial charge in [0, 0.05) is 34.6 Å². The van der Waals surface area contributed by atoms with Gasteiger partial charge in [-0.2, -0.15) is 14.7 Å². The lowest BCUT2D eigenvalue weighted by atomic mass is 10.1. The molecule has 164 valence electrons. The molecule has 9 nitrogen and oxygen atoms in total. The van der Waals surface area contributed by atoms with Crippen molar-refractivity contribution in [2.45, 2.75) is 19.9 Å². The predicted molar refractivity (Wildman–Crippen MR) is 118 cm³/mol. The van der Waals surface area contributed by atoms with Gasteiger partial charge in [0.05, 0.1) is 32.0 Å². The van der Waals surface area contributed by atoms with Crippen molar-refractivity contribution in [2.24, 2.45) is 0 Å². The van der Waals surface area contributed by atoms with E-state index >= 15 is 0 Å². The third kappa shape index (κ3) is 4.18. The van der Waals surface area contributed by atoms with Crippen LogP contribution in [0.2, 0.25) is 0 Å². The summed E-state index contributed by atoms with van der Waals surface area (Å²) in [6.07, 6.45) is 5.19. The highest BCUT2D eigenvalue weighted by atomic mass is 16.5. The number of ether oxygens (including phenoxy) is 2. The molecule has 0 spiro atoms. The lowest BCUT2D eigenvalue weighted by Crippen LogP contribution is -2.09. The van der Waals surface area contributed by atoms with Crippen molar-refractivity contribution >= 4 is 11.6 Å². The van der Waals surface area contributed by atoms with E-state index in [4.69, 9.17) is 9.47 Å². The van der Waals surface area contributed by atoms with Crippen LogP contribution in [0.3, 0.4) is 0 Å². The highest BCUT2D eigenvalue weighted by molar-refractivity contribution is 5.74. The SMILES string of the molecule is C=CCOc1ccccc1Cn1cc(-c2cc3nc(C)c(CC(=O)OC)c(O)n3n2)cn1. The van der Waals surface area contributed by atoms with Crippen LogP contribution in [-0.4, -0.2) is 49.2 Å². The van der Waals surface area contributed by atoms with Crippen molar-refractivity contribution in [3.63, 3.8) is 0 Å². The fraction of sp³-hybridized carbons (Fsp3) is 0.217. The van der Waals surface area contributed by atoms with Crippen LogP contribution in [0.15, 0.2) is 55.4 Å². The molecule has 0 saturated heterocycles. The summed E-state index contributed by atoms with van der Waals surface area (Å²) >= 11 is 0. The van der Waals surface area contributed by atoms with Crippen LogP contribution in [0.5, 0.6) is 11.6 Å². The summed E-state index contributed by atoms with van der Waals surface area (Å²) in [5.41, 5.74) is 3.75. The molecular formula is C23H23N5O4. The Balaban J connectivity index is 1.62. The minimum Gasteiger partial charge on any atom is -0.493 e. The lowest BCUT2D eigenvalue weighted by Gasteiger charge is -2.09. The maximum absolute atomic E-state index is 11.7. The normalized spacial score (nSPS) is 10.9. The number of methoxy groups -OCH3 is 1. The molecule has 0 saturated carbocycles. The van der Waals surface area contributed by atoms with Gasteiger partial charge in [-0.15, -0.1) is 0 Å². The largest absolute Gasteiger partial charge is 0.493 e. The van der Waals surface area contributed by atoms with Gasteiger partial charge in [0.2, 0.25) is 5.88 Å². The van der Waals surface area contributed by atoms with E-state index in [2.05, 4.69) is 21.8 Å². The number of hydrogen-bond donors (Lipinski definition) is 1. The molecular weight excluding hydrogens is 410 g/mol. The number of rotatable bonds is 8. The Hall–Kier alpha value is -4.14. The number of carbonyl (C=O) groups is 1. The molecule has 0 unspecified atom stereocenters. The fourth-order valence-corrected chi connectivity index (χ4v) is 3.38. The number of aryl methyl sites for hydroxylation is 1. The van der Waals surface area contributed by atoms with Crippen molar-refractivity contribution < 1.29 is 19.4 Å². The summed E-state index contributed by atoms with van der Waals surface area (Å²) in [5.74, 6) is 0.181. The van der Waals surface area contributed by atoms with E-state index in [0.717, 1.165) is 16.9 Å². The minimum atomic E-state index is -0.462. The van der Waals surface area contributed by atoms with E-state index in [0.29, 0.717) is 35.8 Å². The number of carbonyl (C=O) groups excluding carboxylic acids is 1. The van der Waals surface area contributed by atoms with Crippen LogP contribution < -0.4 is 4.74 Å². The highest BCUT2D eigenvalue weighted by Gasteiger charge is 2.18. The Morgan fingerprint density at radius 3 is 2.91 bits per heavy atom. The van der Waals surface area contributed by atoms with Gasteiger partial charge in [-0.1, -0.05) is 30.9 Å². The van der Waals surface area contributed by atoms with Crippen LogP contribution >= 0.6 is 0 Å². The minimum absolute atomic E-state index is 0.0857. The van der Waals surface area contributed by atoms with Gasteiger partial charge in [0.1, 0.15) is 12.4 Å². The average molecular weight is 433 g/mol. The van der Waals surface area contributed by atoms with Gasteiger partial charge in [0.15, 0.2) is 5.65 Å². The van der Waals surface area contributed by atoms with Gasteiger partial charge in [-0.3, -0.25) is 9.48 Å². The molecule has 0 aliphatic carbocycles. The van der Waals surface area contributed by atoms with Crippen molar-refractivity contribution in [1.82, 2.24) is 24.4 Å². The molecule has 1 aromatic carbocycles. The van der Waals surface area contributed by atoms with Crippen molar-refractivity contribution in [2.75, 3.05) is 13.7 Å². The van der Waals surface area contributed by atoms with E-state index < -0.39 is 5.97 Å². The van der Waals surface area contributed by atoms with Crippen LogP contribution in [0.4, 0.5) is 0 Å². The van der Waals surface area contributed by atoms with E-state index in [1.807, 2.05) is 30.5 Å². The zero-order valence-electron chi connectivity index (χ0n) is 17.9. The summed E-state index contributed by atoms with van der Waals surface area (Å²) < 4.78 is 13.5. The molecule has 4 aromatic rings. The fourth-order valence-electron chi connectivity index (χ4n) is 3.38. The predicted octanol–water partition coefficient (Wildman–Crippen LogP) is 2.94. The zero-order valence-corrected chi connectivity index (χ0v) is 17.9. The Labute approximate surface area is 184 Å². The lowest BCUT2D eigenvalue weighted by molar-refractivity contribution is -0.139. The third-order valence-corrected chi connectivity index (χ3v) is 5.02. The smallest absolute Gasteiger partial charge is 0.310 e. The number of benzene rings is 1. The summed E-state index contributed by atoms with van der Waals surface area (Å²) in [6.45, 7) is 6.36. The second-order valence-corrected chi connectivity index (χ2v) is 7.19. The first-order chi connectivity index (χ1) is 15.5. The molecule has 0 aliphatic rings. The first kappa shape index (κ1) is 21.1. The monoisotopic (exact) mass is 433 g/mol. The molecule has 4 rings (SSSR count). The number of aromatic hydroxyl groups is 1. The van der Waals surface area contributed by atoms with E-state index in [1.54, 1.807) is 29.9 Å². The second-order valence-electron chi connectivity index (χ2n) is 7.19. The van der Waals surface area contributed by atoms with Crippen molar-refractivity contribution in [3.8, 4) is 22.9 Å². The van der Waals surface area contributed by atoms with Gasteiger partial charge in [-0.05, 0) is 13.0 Å². The van der Waals surface area contributed by atoms with Crippen LogP contribution in [0.25, 0.3) is 16.9 Å². The molecule has 32 heavy (non-hydrogen) atoms. The molecule has 1 N–H and O–H groups in total. The summed E-state index contributed by atoms with van der Waals surface area (Å²) in [6, 6.07) is 9.53. The van der Waals surface area contributed by atoms with Gasteiger partial charge >= 0.3 is 5.97 Å². The van der Waals surface area contributed by atoms with Crippen molar-refractivity contribution in [3.05, 3.63) is 72.2 Å². The van der Waals surface area contributed by atoms with Crippen molar-refractivity contribution in [1.29, 1.82) is 0 Å². The third-order valence-electron chi connectivity index (χ3n) is 5.02. The Morgan fingerprint density at radius 2 is 2.12 bits per heavy atom. The average Bonchev–Trinajstić information content (AvgIpc) is 3.43. The molecule has 0 amide bonds. The summed E-state index contributed by atoms with van der Waals surface area (Å²) in [7, 11) is 1.30. The topological polar surface area (TPSA) is 104 Å². The Kier molecular flexibility index (Phi) is 5.89. The maximum Gasteiger partial charge on any atom is 0.310 e. The van der Waals surface area contributed by atoms with E-state index in [-0.39, 0.29) is 12.3 Å². The van der Waals surface area contributed by atoms with E-state index in [9.17, 15) is 9.90 Å².